The van der Waals surface area contributed by atoms with Crippen molar-refractivity contribution in [3.8, 4) is 124 Å². The van der Waals surface area contributed by atoms with Crippen LogP contribution in [0.4, 0.5) is 0 Å². The Morgan fingerprint density at radius 1 is 0.163 bits per heavy atom. The van der Waals surface area contributed by atoms with Crippen molar-refractivity contribution in [2.24, 2.45) is 0 Å². The standard InChI is InChI=1S/C44H26N4O.C43H25N5O.C40H24N2O/c1-2-7-33(8-3-1)44-48-43-38(49-44)25-23-35-39(43)34-10-4-5-11-37(34)47-40(35)31-18-14-28(15-19-31)27-12-16-29(17-13-27)36-24-22-32-21-20-30-9-6-26-45-41(30)42(32)46-36;1-2-7-30(8-3-1)43-48-42-37(49-43)23-20-33-38(42)32-10-4-5-11-36(32)47-39(33)28-14-12-26(13-15-28)34-21-19-31(25-45-34)35-22-18-29-17-16-27-9-6-24-44-40(27)41(29)46-35;1-2-10-27(11-3-1)40-42-39-36(43-40)23-22-33-37(39)32-16-8-9-17-35(32)41-38(33)26-20-18-25(19-21-26)34-24-28-12-4-5-13-29(28)30-14-6-7-15-31(30)34/h1-26H;1-25H;1-24H. The molecule has 29 rings (SSSR count). The van der Waals surface area contributed by atoms with E-state index in [-0.39, 0.29) is 0 Å². The van der Waals surface area contributed by atoms with E-state index in [0.717, 1.165) is 237 Å². The molecule has 0 fully saturated rings. The normalized spacial score (nSPS) is 11.7. The molecule has 14 nitrogen and oxygen atoms in total. The fraction of sp³-hybridized carbons (Fsp3) is 0. The van der Waals surface area contributed by atoms with E-state index in [1.54, 1.807) is 0 Å². The SMILES string of the molecule is c1ccc(-c2nc3c(ccc4c(-c5ccc(-c6cc7ccccc7c7ccccc67)cc5)nc5ccccc5c43)o2)cc1.c1ccc(-c2nc3c(ccc4c(-c5ccc(-c6ccc(-c7ccc8ccc9cccnc9c8n7)cc6)cc5)nc5ccccc5c43)o2)cc1.c1ccc(-c2nc3c(ccc4c(-c5ccc(-c6ccc(-c7ccc8ccc9cccnc9c8n7)cn6)cc5)nc5ccccc5c43)o2)cc1. The monoisotopic (exact) mass is 1800 g/mol. The highest BCUT2D eigenvalue weighted by atomic mass is 16.4. The zero-order valence-electron chi connectivity index (χ0n) is 75.4. The molecule has 14 heteroatoms. The first-order valence-corrected chi connectivity index (χ1v) is 47.0. The van der Waals surface area contributed by atoms with Gasteiger partial charge in [0.15, 0.2) is 16.7 Å². The van der Waals surface area contributed by atoms with E-state index in [2.05, 4.69) is 289 Å². The number of aromatic nitrogens is 11. The summed E-state index contributed by atoms with van der Waals surface area (Å²) in [7, 11) is 0. The predicted octanol–water partition coefficient (Wildman–Crippen LogP) is 32.8. The molecular weight excluding hydrogens is 1730 g/mol. The van der Waals surface area contributed by atoms with Crippen LogP contribution in [0.25, 0.3) is 288 Å². The lowest BCUT2D eigenvalue weighted by Crippen LogP contribution is -1.92. The van der Waals surface area contributed by atoms with Gasteiger partial charge in [-0.3, -0.25) is 15.0 Å². The summed E-state index contributed by atoms with van der Waals surface area (Å²) in [4.78, 5) is 54.5. The first-order valence-electron chi connectivity index (χ1n) is 47.0. The van der Waals surface area contributed by atoms with Crippen LogP contribution in [0, 0.1) is 0 Å². The number of hydrogen-bond acceptors (Lipinski definition) is 14. The maximum atomic E-state index is 6.26. The second-order valence-electron chi connectivity index (χ2n) is 35.3. The van der Waals surface area contributed by atoms with Gasteiger partial charge in [0.05, 0.1) is 72.8 Å². The number of benzene rings is 18. The number of hydrogen-bond donors (Lipinski definition) is 0. The number of nitrogens with zero attached hydrogens (tertiary/aromatic N) is 11. The molecule has 0 radical (unpaired) electrons. The summed E-state index contributed by atoms with van der Waals surface area (Å²) in [5.41, 5.74) is 30.4. The highest BCUT2D eigenvalue weighted by molar-refractivity contribution is 6.24. The summed E-state index contributed by atoms with van der Waals surface area (Å²) >= 11 is 0. The van der Waals surface area contributed by atoms with Crippen molar-refractivity contribution < 1.29 is 13.3 Å². The first-order chi connectivity index (χ1) is 69.8. The highest BCUT2D eigenvalue weighted by Crippen LogP contribution is 2.46. The van der Waals surface area contributed by atoms with E-state index in [1.807, 2.05) is 176 Å². The van der Waals surface area contributed by atoms with Crippen molar-refractivity contribution in [2.45, 2.75) is 0 Å². The minimum atomic E-state index is 0.607. The minimum Gasteiger partial charge on any atom is -0.436 e. The molecule has 0 saturated carbocycles. The van der Waals surface area contributed by atoms with E-state index in [9.17, 15) is 0 Å². The van der Waals surface area contributed by atoms with Crippen molar-refractivity contribution in [3.05, 3.63) is 455 Å². The third-order valence-corrected chi connectivity index (χ3v) is 27.0. The van der Waals surface area contributed by atoms with Gasteiger partial charge >= 0.3 is 0 Å². The topological polar surface area (TPSA) is 181 Å². The first kappa shape index (κ1) is 81.3. The van der Waals surface area contributed by atoms with E-state index in [1.165, 1.54) is 32.7 Å². The maximum absolute atomic E-state index is 6.26. The van der Waals surface area contributed by atoms with Gasteiger partial charge < -0.3 is 13.3 Å². The zero-order valence-corrected chi connectivity index (χ0v) is 75.4. The van der Waals surface area contributed by atoms with Crippen LogP contribution in [0.5, 0.6) is 0 Å². The van der Waals surface area contributed by atoms with Gasteiger partial charge in [-0.1, -0.05) is 303 Å². The van der Waals surface area contributed by atoms with Crippen LogP contribution in [0.2, 0.25) is 0 Å². The van der Waals surface area contributed by atoms with Crippen LogP contribution in [0.15, 0.2) is 469 Å². The van der Waals surface area contributed by atoms with Crippen LogP contribution < -0.4 is 0 Å². The number of pyridine rings is 8. The molecule has 11 aromatic heterocycles. The smallest absolute Gasteiger partial charge is 0.227 e. The molecule has 11 heterocycles. The average Bonchev–Trinajstić information content (AvgIpc) is 1.67. The van der Waals surface area contributed by atoms with Crippen molar-refractivity contribution in [2.75, 3.05) is 0 Å². The summed E-state index contributed by atoms with van der Waals surface area (Å²) in [6.45, 7) is 0. The average molecular weight is 1800 g/mol. The van der Waals surface area contributed by atoms with Gasteiger partial charge in [-0.15, -0.1) is 0 Å². The number of rotatable bonds is 11. The fourth-order valence-corrected chi connectivity index (χ4v) is 20.1. The quantitative estimate of drug-likeness (QED) is 0.112. The Bertz CT molecular complexity index is 9640. The summed E-state index contributed by atoms with van der Waals surface area (Å²) in [5, 5.41) is 18.8. The third kappa shape index (κ3) is 14.5. The molecule has 0 atom stereocenters. The minimum absolute atomic E-state index is 0.607. The predicted molar refractivity (Wildman–Crippen MR) is 574 cm³/mol. The number of fused-ring (bicyclic) bond motifs is 24. The summed E-state index contributed by atoms with van der Waals surface area (Å²) in [6, 6.07) is 150. The van der Waals surface area contributed by atoms with Crippen molar-refractivity contribution in [3.63, 3.8) is 0 Å². The van der Waals surface area contributed by atoms with Crippen molar-refractivity contribution >= 4 is 163 Å². The van der Waals surface area contributed by atoms with Crippen LogP contribution in [0.3, 0.4) is 0 Å². The lowest BCUT2D eigenvalue weighted by Gasteiger charge is -2.13. The Hall–Kier alpha value is -19.3. The molecule has 0 unspecified atom stereocenters. The van der Waals surface area contributed by atoms with Crippen molar-refractivity contribution in [1.82, 2.24) is 54.8 Å². The largest absolute Gasteiger partial charge is 0.436 e. The summed E-state index contributed by atoms with van der Waals surface area (Å²) in [5.74, 6) is 1.84. The summed E-state index contributed by atoms with van der Waals surface area (Å²) < 4.78 is 18.8. The van der Waals surface area contributed by atoms with Crippen LogP contribution >= 0.6 is 0 Å². The van der Waals surface area contributed by atoms with E-state index in [0.29, 0.717) is 17.7 Å². The Morgan fingerprint density at radius 3 is 0.901 bits per heavy atom. The number of para-hydroxylation sites is 3. The van der Waals surface area contributed by atoms with Gasteiger partial charge in [0.1, 0.15) is 16.6 Å². The Morgan fingerprint density at radius 2 is 0.482 bits per heavy atom. The Kier molecular flexibility index (Phi) is 19.6. The molecule has 0 aliphatic carbocycles. The molecule has 0 aliphatic rings. The molecule has 0 spiro atoms. The van der Waals surface area contributed by atoms with E-state index in [4.69, 9.17) is 58.1 Å². The van der Waals surface area contributed by atoms with Gasteiger partial charge in [0.25, 0.3) is 0 Å². The van der Waals surface area contributed by atoms with Gasteiger partial charge in [0.2, 0.25) is 17.7 Å². The van der Waals surface area contributed by atoms with Crippen LogP contribution in [-0.2, 0) is 0 Å². The molecule has 18 aromatic carbocycles. The Balaban J connectivity index is 0.000000106. The van der Waals surface area contributed by atoms with E-state index >= 15 is 0 Å². The molecule has 0 N–H and O–H groups in total. The zero-order chi connectivity index (χ0) is 93.0. The second-order valence-corrected chi connectivity index (χ2v) is 35.3. The Labute approximate surface area is 805 Å². The van der Waals surface area contributed by atoms with Gasteiger partial charge in [-0.25, -0.2) is 39.9 Å². The van der Waals surface area contributed by atoms with Gasteiger partial charge in [-0.05, 0) is 177 Å². The van der Waals surface area contributed by atoms with Gasteiger partial charge in [-0.2, -0.15) is 0 Å². The molecule has 0 saturated heterocycles. The highest BCUT2D eigenvalue weighted by Gasteiger charge is 2.24. The molecule has 656 valence electrons. The van der Waals surface area contributed by atoms with Crippen LogP contribution in [0.1, 0.15) is 0 Å². The van der Waals surface area contributed by atoms with Gasteiger partial charge in [0, 0.05) is 139 Å². The van der Waals surface area contributed by atoms with E-state index < -0.39 is 0 Å². The lowest BCUT2D eigenvalue weighted by molar-refractivity contribution is 0.619. The second kappa shape index (κ2) is 33.9. The molecule has 0 amide bonds. The molecule has 141 heavy (non-hydrogen) atoms. The fourth-order valence-electron chi connectivity index (χ4n) is 20.1. The van der Waals surface area contributed by atoms with Crippen molar-refractivity contribution in [1.29, 1.82) is 0 Å². The summed E-state index contributed by atoms with van der Waals surface area (Å²) in [6.07, 6.45) is 5.53. The maximum Gasteiger partial charge on any atom is 0.227 e. The molecule has 0 aliphatic heterocycles. The molecular formula is C127H75N11O3. The molecule has 29 aromatic rings. The van der Waals surface area contributed by atoms with Crippen LogP contribution in [-0.4, -0.2) is 54.8 Å². The lowest BCUT2D eigenvalue weighted by atomic mass is 9.92. The third-order valence-electron chi connectivity index (χ3n) is 27.0. The number of oxazole rings is 3. The molecule has 0 bridgehead atoms.